The van der Waals surface area contributed by atoms with E-state index in [2.05, 4.69) is 5.10 Å². The molecule has 0 bridgehead atoms. The molecule has 0 aromatic heterocycles. The molecule has 0 radical (unpaired) electrons. The minimum absolute atomic E-state index is 0.382. The van der Waals surface area contributed by atoms with Crippen LogP contribution in [0.1, 0.15) is 42.3 Å². The van der Waals surface area contributed by atoms with Gasteiger partial charge in [0, 0.05) is 12.5 Å². The Bertz CT molecular complexity index is 919. The van der Waals surface area contributed by atoms with Crippen LogP contribution >= 0.6 is 0 Å². The summed E-state index contributed by atoms with van der Waals surface area (Å²) in [4.78, 5) is 24.6. The largest absolute Gasteiger partial charge is 0.461 e. The van der Waals surface area contributed by atoms with E-state index in [1.807, 2.05) is 49.4 Å². The minimum atomic E-state index is -1.83. The van der Waals surface area contributed by atoms with Crippen molar-refractivity contribution in [2.45, 2.75) is 33.4 Å². The fourth-order valence-electron chi connectivity index (χ4n) is 3.25. The van der Waals surface area contributed by atoms with Gasteiger partial charge in [-0.05, 0) is 38.5 Å². The van der Waals surface area contributed by atoms with E-state index in [0.717, 1.165) is 16.1 Å². The van der Waals surface area contributed by atoms with Crippen molar-refractivity contribution in [3.05, 3.63) is 71.3 Å². The van der Waals surface area contributed by atoms with E-state index in [9.17, 15) is 14.7 Å². The van der Waals surface area contributed by atoms with Crippen molar-refractivity contribution in [1.29, 1.82) is 0 Å². The van der Waals surface area contributed by atoms with Gasteiger partial charge in [0.1, 0.15) is 6.61 Å². The Hall–Kier alpha value is -2.99. The number of hydrogen-bond donors (Lipinski definition) is 1. The Morgan fingerprint density at radius 2 is 1.68 bits per heavy atom. The van der Waals surface area contributed by atoms with E-state index in [-0.39, 0.29) is 6.61 Å². The van der Waals surface area contributed by atoms with Gasteiger partial charge in [0.15, 0.2) is 0 Å². The third-order valence-corrected chi connectivity index (χ3v) is 5.16. The highest BCUT2D eigenvalue weighted by atomic mass is 16.5. The van der Waals surface area contributed by atoms with Crippen LogP contribution in [0.3, 0.4) is 0 Å². The molecule has 3 rings (SSSR count). The molecular formula is C22H24N2O4. The molecule has 28 heavy (non-hydrogen) atoms. The number of ether oxygens (including phenoxy) is 1. The molecule has 1 aliphatic rings. The summed E-state index contributed by atoms with van der Waals surface area (Å²) in [5, 5.41) is 17.1. The second-order valence-electron chi connectivity index (χ2n) is 7.52. The zero-order valence-corrected chi connectivity index (χ0v) is 16.5. The number of benzene rings is 2. The monoisotopic (exact) mass is 380 g/mol. The van der Waals surface area contributed by atoms with Crippen LogP contribution in [0.5, 0.6) is 0 Å². The van der Waals surface area contributed by atoms with Gasteiger partial charge < -0.3 is 9.84 Å². The second-order valence-corrected chi connectivity index (χ2v) is 7.52. The number of rotatable bonds is 4. The average molecular weight is 380 g/mol. The van der Waals surface area contributed by atoms with Gasteiger partial charge in [0.05, 0.1) is 11.1 Å². The van der Waals surface area contributed by atoms with Crippen LogP contribution in [0.15, 0.2) is 59.7 Å². The van der Waals surface area contributed by atoms with Crippen molar-refractivity contribution in [1.82, 2.24) is 5.01 Å². The van der Waals surface area contributed by atoms with Crippen molar-refractivity contribution in [2.75, 3.05) is 6.61 Å². The average Bonchev–Trinajstić information content (AvgIpc) is 2.87. The van der Waals surface area contributed by atoms with Crippen LogP contribution < -0.4 is 0 Å². The quantitative estimate of drug-likeness (QED) is 0.827. The van der Waals surface area contributed by atoms with Gasteiger partial charge in [-0.3, -0.25) is 9.59 Å². The number of amides is 1. The van der Waals surface area contributed by atoms with Crippen molar-refractivity contribution in [3.8, 4) is 0 Å². The Balaban J connectivity index is 2.09. The predicted octanol–water partition coefficient (Wildman–Crippen LogP) is 3.13. The van der Waals surface area contributed by atoms with E-state index in [0.29, 0.717) is 11.3 Å². The first-order valence-electron chi connectivity index (χ1n) is 9.08. The number of hydrazone groups is 1. The van der Waals surface area contributed by atoms with E-state index >= 15 is 0 Å². The molecule has 1 unspecified atom stereocenters. The molecule has 0 aliphatic carbocycles. The molecule has 1 aliphatic heterocycles. The summed E-state index contributed by atoms with van der Waals surface area (Å²) in [6.07, 6.45) is 0. The summed E-state index contributed by atoms with van der Waals surface area (Å²) in [6, 6.07) is 16.4. The summed E-state index contributed by atoms with van der Waals surface area (Å²) < 4.78 is 5.13. The number of carbonyl (C=O) groups is 2. The molecule has 1 atom stereocenters. The highest BCUT2D eigenvalue weighted by Crippen LogP contribution is 2.44. The highest BCUT2D eigenvalue weighted by Gasteiger charge is 2.59. The Labute approximate surface area is 164 Å². The number of aliphatic hydroxyl groups is 1. The summed E-state index contributed by atoms with van der Waals surface area (Å²) in [5.74, 6) is -1.01. The standard InChI is InChI=1S/C22H24N2O4/c1-15-10-12-18(13-11-15)20(26)24-22(27,14-28-16(2)25)21(3,4)19(23-24)17-8-6-5-7-9-17/h5-13,27H,14H2,1-4H3. The van der Waals surface area contributed by atoms with Crippen LogP contribution in [0.2, 0.25) is 0 Å². The molecule has 1 N–H and O–H groups in total. The highest BCUT2D eigenvalue weighted by molar-refractivity contribution is 6.08. The van der Waals surface area contributed by atoms with Crippen LogP contribution in [-0.2, 0) is 9.53 Å². The SMILES string of the molecule is CC(=O)OCC1(O)N(C(=O)c2ccc(C)cc2)N=C(c2ccccc2)C1(C)C. The number of aryl methyl sites for hydroxylation is 1. The zero-order valence-electron chi connectivity index (χ0n) is 16.5. The summed E-state index contributed by atoms with van der Waals surface area (Å²) in [6.45, 7) is 6.37. The van der Waals surface area contributed by atoms with Crippen LogP contribution in [0, 0.1) is 12.3 Å². The Morgan fingerprint density at radius 1 is 1.07 bits per heavy atom. The normalized spacial score (nSPS) is 20.6. The number of nitrogens with zero attached hydrogens (tertiary/aromatic N) is 2. The number of carbonyl (C=O) groups excluding carboxylic acids is 2. The first kappa shape index (κ1) is 19.8. The van der Waals surface area contributed by atoms with Gasteiger partial charge in [0.25, 0.3) is 5.91 Å². The Kier molecular flexibility index (Phi) is 5.08. The minimum Gasteiger partial charge on any atom is -0.461 e. The lowest BCUT2D eigenvalue weighted by atomic mass is 9.75. The predicted molar refractivity (Wildman–Crippen MR) is 106 cm³/mol. The molecule has 6 nitrogen and oxygen atoms in total. The van der Waals surface area contributed by atoms with Gasteiger partial charge in [-0.25, -0.2) is 0 Å². The summed E-state index contributed by atoms with van der Waals surface area (Å²) in [5.41, 5.74) is -0.0745. The van der Waals surface area contributed by atoms with Crippen LogP contribution in [0.4, 0.5) is 0 Å². The third kappa shape index (κ3) is 3.31. The number of hydrogen-bond acceptors (Lipinski definition) is 5. The van der Waals surface area contributed by atoms with Crippen LogP contribution in [0.25, 0.3) is 0 Å². The molecule has 0 saturated heterocycles. The zero-order chi connectivity index (χ0) is 20.5. The van der Waals surface area contributed by atoms with Crippen LogP contribution in [-0.4, -0.2) is 40.0 Å². The van der Waals surface area contributed by atoms with Crippen molar-refractivity contribution < 1.29 is 19.4 Å². The lowest BCUT2D eigenvalue weighted by molar-refractivity contribution is -0.178. The molecule has 1 amide bonds. The molecule has 1 heterocycles. The van der Waals surface area contributed by atoms with E-state index in [4.69, 9.17) is 4.74 Å². The lowest BCUT2D eigenvalue weighted by Crippen LogP contribution is -2.59. The Morgan fingerprint density at radius 3 is 2.25 bits per heavy atom. The molecule has 0 fully saturated rings. The van der Waals surface area contributed by atoms with Gasteiger partial charge in [0.2, 0.25) is 5.72 Å². The smallest absolute Gasteiger partial charge is 0.302 e. The second kappa shape index (κ2) is 7.20. The van der Waals surface area contributed by atoms with Gasteiger partial charge in [-0.2, -0.15) is 10.1 Å². The molecule has 6 heteroatoms. The van der Waals surface area contributed by atoms with Gasteiger partial charge >= 0.3 is 5.97 Å². The molecule has 0 saturated carbocycles. The fourth-order valence-corrected chi connectivity index (χ4v) is 3.25. The molecule has 146 valence electrons. The number of esters is 1. The van der Waals surface area contributed by atoms with Crippen molar-refractivity contribution in [3.63, 3.8) is 0 Å². The topological polar surface area (TPSA) is 79.2 Å². The van der Waals surface area contributed by atoms with E-state index in [1.54, 1.807) is 26.0 Å². The maximum absolute atomic E-state index is 13.2. The molecule has 2 aromatic carbocycles. The third-order valence-electron chi connectivity index (χ3n) is 5.16. The maximum Gasteiger partial charge on any atom is 0.302 e. The van der Waals surface area contributed by atoms with Crippen molar-refractivity contribution >= 4 is 17.6 Å². The van der Waals surface area contributed by atoms with Gasteiger partial charge in [-0.1, -0.05) is 48.0 Å². The first-order chi connectivity index (χ1) is 13.2. The van der Waals surface area contributed by atoms with E-state index in [1.165, 1.54) is 6.92 Å². The molecule has 0 spiro atoms. The lowest BCUT2D eigenvalue weighted by Gasteiger charge is -2.40. The molecular weight excluding hydrogens is 356 g/mol. The van der Waals surface area contributed by atoms with E-state index < -0.39 is 23.0 Å². The summed E-state index contributed by atoms with van der Waals surface area (Å²) in [7, 11) is 0. The van der Waals surface area contributed by atoms with Crippen molar-refractivity contribution in [2.24, 2.45) is 10.5 Å². The van der Waals surface area contributed by atoms with Gasteiger partial charge in [-0.15, -0.1) is 0 Å². The first-order valence-corrected chi connectivity index (χ1v) is 9.08. The fraction of sp³-hybridized carbons (Fsp3) is 0.318. The maximum atomic E-state index is 13.2. The molecule has 2 aromatic rings. The summed E-state index contributed by atoms with van der Waals surface area (Å²) >= 11 is 0.